The average molecular weight is 873 g/mol. The molecule has 0 saturated heterocycles. The maximum Gasteiger partial charge on any atom is 0.306 e. The first-order chi connectivity index (χ1) is 29.8. The minimum atomic E-state index is -0.522. The van der Waals surface area contributed by atoms with E-state index >= 15 is 0 Å². The van der Waals surface area contributed by atoms with Gasteiger partial charge in [-0.25, -0.2) is 0 Å². The van der Waals surface area contributed by atoms with Crippen LogP contribution in [-0.2, 0) is 28.7 Å². The molecule has 0 spiro atoms. The Balaban J connectivity index is 0.000000306. The van der Waals surface area contributed by atoms with E-state index in [2.05, 4.69) is 30.7 Å². The first-order valence-electron chi connectivity index (χ1n) is 20.1. The van der Waals surface area contributed by atoms with Gasteiger partial charge in [0, 0.05) is 68.2 Å². The summed E-state index contributed by atoms with van der Waals surface area (Å²) in [5.41, 5.74) is 3.96. The maximum atomic E-state index is 12.9. The highest BCUT2D eigenvalue weighted by molar-refractivity contribution is 7.14. The minimum Gasteiger partial charge on any atom is -0.469 e. The van der Waals surface area contributed by atoms with E-state index in [9.17, 15) is 19.2 Å². The predicted molar refractivity (Wildman–Crippen MR) is 235 cm³/mol. The first-order valence-corrected chi connectivity index (χ1v) is 20.9. The van der Waals surface area contributed by atoms with Crippen LogP contribution >= 0.6 is 11.3 Å². The molecule has 0 bridgehead atoms. The number of carbonyl (C=O) groups excluding carboxylic acids is 4. The molecule has 0 N–H and O–H groups in total. The van der Waals surface area contributed by atoms with Crippen LogP contribution in [0, 0.1) is 27.7 Å². The van der Waals surface area contributed by atoms with Gasteiger partial charge >= 0.3 is 11.9 Å². The van der Waals surface area contributed by atoms with Crippen LogP contribution in [0.2, 0.25) is 0 Å². The quantitative estimate of drug-likeness (QED) is 0.0938. The minimum absolute atomic E-state index is 0.0110. The van der Waals surface area contributed by atoms with Crippen LogP contribution in [0.15, 0.2) is 74.2 Å². The molecule has 6 aromatic rings. The van der Waals surface area contributed by atoms with Crippen LogP contribution in [0.4, 0.5) is 11.4 Å². The molecule has 2 atom stereocenters. The molecule has 0 fully saturated rings. The predicted octanol–water partition coefficient (Wildman–Crippen LogP) is 8.60. The van der Waals surface area contributed by atoms with Crippen molar-refractivity contribution in [3.05, 3.63) is 94.1 Å². The Labute approximate surface area is 365 Å². The molecular formula is C44H56N8O9S. The van der Waals surface area contributed by atoms with Crippen LogP contribution in [0.25, 0.3) is 22.4 Å². The van der Waals surface area contributed by atoms with E-state index in [1.165, 1.54) is 25.6 Å². The lowest BCUT2D eigenvalue weighted by molar-refractivity contribution is -0.142. The van der Waals surface area contributed by atoms with Crippen molar-refractivity contribution in [3.63, 3.8) is 0 Å². The summed E-state index contributed by atoms with van der Waals surface area (Å²) in [5, 5.41) is 21.6. The van der Waals surface area contributed by atoms with Gasteiger partial charge in [0.15, 0.2) is 5.01 Å². The van der Waals surface area contributed by atoms with Gasteiger partial charge in [-0.15, -0.1) is 10.2 Å². The summed E-state index contributed by atoms with van der Waals surface area (Å²) in [7, 11) is 6.02. The largest absolute Gasteiger partial charge is 0.469 e. The zero-order valence-electron chi connectivity index (χ0n) is 37.4. The number of nitrogens with zero attached hydrogens (tertiary/aromatic N) is 8. The molecule has 0 radical (unpaired) electrons. The Hall–Kier alpha value is -6.56. The van der Waals surface area contributed by atoms with Crippen LogP contribution in [0.3, 0.4) is 0 Å². The number of rotatable bonds is 14. The molecule has 6 rings (SSSR count). The van der Waals surface area contributed by atoms with E-state index in [0.29, 0.717) is 39.4 Å². The lowest BCUT2D eigenvalue weighted by Crippen LogP contribution is -2.28. The van der Waals surface area contributed by atoms with Gasteiger partial charge in [0.1, 0.15) is 5.01 Å². The van der Waals surface area contributed by atoms with Gasteiger partial charge in [-0.05, 0) is 45.0 Å². The summed E-state index contributed by atoms with van der Waals surface area (Å²) >= 11 is 1.39. The van der Waals surface area contributed by atoms with Crippen molar-refractivity contribution in [2.75, 3.05) is 38.1 Å². The molecule has 2 aromatic carbocycles. The second-order valence-corrected chi connectivity index (χ2v) is 14.4. The topological polar surface area (TPSA) is 210 Å². The van der Waals surface area contributed by atoms with Crippen molar-refractivity contribution in [3.8, 4) is 22.4 Å². The van der Waals surface area contributed by atoms with Gasteiger partial charge < -0.3 is 32.8 Å². The van der Waals surface area contributed by atoms with Crippen molar-refractivity contribution < 1.29 is 42.2 Å². The van der Waals surface area contributed by atoms with Crippen molar-refractivity contribution in [1.82, 2.24) is 30.7 Å². The van der Waals surface area contributed by atoms with E-state index in [4.69, 9.17) is 23.0 Å². The van der Waals surface area contributed by atoms with Gasteiger partial charge in [-0.3, -0.25) is 19.2 Å². The molecular weight excluding hydrogens is 817 g/mol. The first kappa shape index (κ1) is 49.8. The van der Waals surface area contributed by atoms with Gasteiger partial charge in [0.25, 0.3) is 0 Å². The molecule has 17 nitrogen and oxygen atoms in total. The number of hydrogen-bond donors (Lipinski definition) is 0. The Morgan fingerprint density at radius 3 is 1.44 bits per heavy atom. The number of methoxy groups -OCH3 is 2. The lowest BCUT2D eigenvalue weighted by Gasteiger charge is -2.20. The van der Waals surface area contributed by atoms with Gasteiger partial charge in [0.05, 0.1) is 38.4 Å². The van der Waals surface area contributed by atoms with Crippen molar-refractivity contribution in [2.45, 2.75) is 92.9 Å². The van der Waals surface area contributed by atoms with Crippen molar-refractivity contribution in [2.24, 2.45) is 0 Å². The molecule has 0 aliphatic heterocycles. The standard InChI is InChI=1S/C20H22N4O5.C20H22N4O4S.2C2H6/c1-12-18(22-29-19(12)20-21-13(2)28-23-20)14(11-17(26)27-4)10-16(25)24(3)15-8-6-5-7-9-15;1-12-18(23-28-19(12)20-22-21-13(2)29-20)14(11-17(26)27-4)10-16(25)24(3)15-8-6-5-7-9-15;2*1-2/h2*5-9,14H,10-11H2,1-4H3;2*1-2H3/t2*14-;;/m00../s1. The molecule has 2 amide bonds. The number of amides is 2. The number of hydrogen-bond acceptors (Lipinski definition) is 16. The Kier molecular flexibility index (Phi) is 19.8. The maximum absolute atomic E-state index is 12.9. The number of aryl methyl sites for hydroxylation is 2. The molecule has 332 valence electrons. The van der Waals surface area contributed by atoms with Gasteiger partial charge in [0.2, 0.25) is 35.0 Å². The summed E-state index contributed by atoms with van der Waals surface area (Å²) in [6.07, 6.45) is 0.150. The zero-order valence-corrected chi connectivity index (χ0v) is 38.2. The summed E-state index contributed by atoms with van der Waals surface area (Å²) < 4.78 is 25.5. The highest BCUT2D eigenvalue weighted by Gasteiger charge is 2.31. The fourth-order valence-corrected chi connectivity index (χ4v) is 6.76. The van der Waals surface area contributed by atoms with E-state index < -0.39 is 23.8 Å². The van der Waals surface area contributed by atoms with Gasteiger partial charge in [-0.2, -0.15) is 4.98 Å². The average Bonchev–Trinajstić information content (AvgIpc) is 4.11. The number of ether oxygens (including phenoxy) is 2. The van der Waals surface area contributed by atoms with Crippen molar-refractivity contribution >= 4 is 46.5 Å². The number of benzene rings is 2. The van der Waals surface area contributed by atoms with Crippen LogP contribution in [0.5, 0.6) is 0 Å². The van der Waals surface area contributed by atoms with E-state index in [1.807, 2.05) is 102 Å². The molecule has 0 aliphatic rings. The fourth-order valence-electron chi connectivity index (χ4n) is 6.03. The summed E-state index contributed by atoms with van der Waals surface area (Å²) in [4.78, 5) is 56.9. The van der Waals surface area contributed by atoms with Gasteiger partial charge in [-0.1, -0.05) is 90.9 Å². The zero-order chi connectivity index (χ0) is 45.9. The number of esters is 2. The second-order valence-electron chi connectivity index (χ2n) is 13.2. The number of anilines is 2. The number of carbonyl (C=O) groups is 4. The van der Waals surface area contributed by atoms with E-state index in [1.54, 1.807) is 37.7 Å². The lowest BCUT2D eigenvalue weighted by atomic mass is 9.93. The normalized spacial score (nSPS) is 11.3. The van der Waals surface area contributed by atoms with Crippen LogP contribution in [0.1, 0.15) is 98.6 Å². The summed E-state index contributed by atoms with van der Waals surface area (Å²) in [5.74, 6) is -0.652. The highest BCUT2D eigenvalue weighted by atomic mass is 32.1. The molecule has 0 saturated carbocycles. The SMILES string of the molecule is CC.CC.COC(=O)C[C@H](CC(=O)N(C)c1ccccc1)c1noc(-c2nnc(C)s2)c1C.COC(=O)C[C@H](CC(=O)N(C)c1ccccc1)c1noc(-c2noc(C)n2)c1C. The third-order valence-electron chi connectivity index (χ3n) is 9.30. The monoisotopic (exact) mass is 872 g/mol. The number of para-hydroxylation sites is 2. The Morgan fingerprint density at radius 1 is 0.613 bits per heavy atom. The number of aromatic nitrogens is 6. The Bertz CT molecular complexity index is 2160. The highest BCUT2D eigenvalue weighted by Crippen LogP contribution is 2.35. The second kappa shape index (κ2) is 24.6. The molecule has 62 heavy (non-hydrogen) atoms. The fraction of sp³-hybridized carbons (Fsp3) is 0.409. The third-order valence-corrected chi connectivity index (χ3v) is 10.1. The molecule has 4 heterocycles. The van der Waals surface area contributed by atoms with Crippen molar-refractivity contribution in [1.29, 1.82) is 0 Å². The molecule has 0 unspecified atom stereocenters. The Morgan fingerprint density at radius 2 is 1.05 bits per heavy atom. The van der Waals surface area contributed by atoms with E-state index in [0.717, 1.165) is 21.9 Å². The summed E-state index contributed by atoms with van der Waals surface area (Å²) in [6, 6.07) is 18.6. The smallest absolute Gasteiger partial charge is 0.306 e. The molecule has 4 aromatic heterocycles. The van der Waals surface area contributed by atoms with E-state index in [-0.39, 0.29) is 43.3 Å². The molecule has 18 heteroatoms. The summed E-state index contributed by atoms with van der Waals surface area (Å²) in [6.45, 7) is 15.1. The molecule has 0 aliphatic carbocycles. The third kappa shape index (κ3) is 13.2. The van der Waals surface area contributed by atoms with Crippen LogP contribution in [-0.4, -0.2) is 82.7 Å². The van der Waals surface area contributed by atoms with Crippen LogP contribution < -0.4 is 9.80 Å².